The van der Waals surface area contributed by atoms with E-state index in [4.69, 9.17) is 23.2 Å². The van der Waals surface area contributed by atoms with Crippen LogP contribution in [0.4, 0.5) is 5.69 Å². The SMILES string of the molecule is Cc1nc(-c2cccs2)sc1C(=O)Nc1ccc(Cl)c(Cl)c1. The van der Waals surface area contributed by atoms with Crippen molar-refractivity contribution in [2.75, 3.05) is 5.32 Å². The van der Waals surface area contributed by atoms with Gasteiger partial charge in [-0.3, -0.25) is 4.79 Å². The predicted molar refractivity (Wildman–Crippen MR) is 94.6 cm³/mol. The third-order valence-corrected chi connectivity index (χ3v) is 5.85. The molecule has 2 aromatic heterocycles. The summed E-state index contributed by atoms with van der Waals surface area (Å²) < 4.78 is 0. The van der Waals surface area contributed by atoms with Crippen molar-refractivity contribution >= 4 is 57.5 Å². The second-order valence-corrected chi connectivity index (χ2v) is 7.26. The lowest BCUT2D eigenvalue weighted by atomic mass is 10.3. The van der Waals surface area contributed by atoms with Crippen LogP contribution in [0.2, 0.25) is 10.0 Å². The summed E-state index contributed by atoms with van der Waals surface area (Å²) in [4.78, 5) is 18.5. The molecular formula is C15H10Cl2N2OS2. The van der Waals surface area contributed by atoms with Gasteiger partial charge in [0.1, 0.15) is 9.88 Å². The summed E-state index contributed by atoms with van der Waals surface area (Å²) in [5, 5.41) is 6.51. The number of carbonyl (C=O) groups is 1. The van der Waals surface area contributed by atoms with E-state index < -0.39 is 0 Å². The minimum absolute atomic E-state index is 0.198. The van der Waals surface area contributed by atoms with E-state index in [1.807, 2.05) is 24.4 Å². The molecule has 22 heavy (non-hydrogen) atoms. The van der Waals surface area contributed by atoms with Crippen molar-refractivity contribution in [1.82, 2.24) is 4.98 Å². The molecule has 0 fully saturated rings. The third kappa shape index (κ3) is 3.17. The van der Waals surface area contributed by atoms with Crippen molar-refractivity contribution in [1.29, 1.82) is 0 Å². The maximum absolute atomic E-state index is 12.4. The number of hydrogen-bond donors (Lipinski definition) is 1. The van der Waals surface area contributed by atoms with Gasteiger partial charge in [-0.15, -0.1) is 22.7 Å². The van der Waals surface area contributed by atoms with E-state index in [-0.39, 0.29) is 5.91 Å². The Labute approximate surface area is 145 Å². The minimum atomic E-state index is -0.198. The van der Waals surface area contributed by atoms with Crippen molar-refractivity contribution in [2.24, 2.45) is 0 Å². The highest BCUT2D eigenvalue weighted by atomic mass is 35.5. The van der Waals surface area contributed by atoms with E-state index >= 15 is 0 Å². The number of halogens is 2. The molecular weight excluding hydrogens is 359 g/mol. The number of nitrogens with one attached hydrogen (secondary N) is 1. The van der Waals surface area contributed by atoms with Gasteiger partial charge in [0.15, 0.2) is 0 Å². The van der Waals surface area contributed by atoms with Crippen LogP contribution in [0.3, 0.4) is 0 Å². The van der Waals surface area contributed by atoms with Crippen LogP contribution in [0, 0.1) is 6.92 Å². The molecule has 2 heterocycles. The lowest BCUT2D eigenvalue weighted by molar-refractivity contribution is 0.103. The second kappa shape index (κ2) is 6.38. The van der Waals surface area contributed by atoms with Crippen LogP contribution < -0.4 is 5.32 Å². The largest absolute Gasteiger partial charge is 0.321 e. The fourth-order valence-electron chi connectivity index (χ4n) is 1.87. The lowest BCUT2D eigenvalue weighted by Crippen LogP contribution is -2.11. The molecule has 0 unspecified atom stereocenters. The molecule has 1 amide bonds. The summed E-state index contributed by atoms with van der Waals surface area (Å²) in [7, 11) is 0. The number of benzene rings is 1. The van der Waals surface area contributed by atoms with Crippen LogP contribution in [-0.4, -0.2) is 10.9 Å². The number of aromatic nitrogens is 1. The number of thiazole rings is 1. The molecule has 1 aromatic carbocycles. The smallest absolute Gasteiger partial charge is 0.267 e. The number of carbonyl (C=O) groups excluding carboxylic acids is 1. The van der Waals surface area contributed by atoms with Gasteiger partial charge >= 0.3 is 0 Å². The molecule has 0 saturated carbocycles. The Balaban J connectivity index is 1.84. The van der Waals surface area contributed by atoms with Crippen LogP contribution in [0.1, 0.15) is 15.4 Å². The molecule has 0 spiro atoms. The summed E-state index contributed by atoms with van der Waals surface area (Å²) in [6.07, 6.45) is 0. The fourth-order valence-corrected chi connectivity index (χ4v) is 3.93. The molecule has 3 nitrogen and oxygen atoms in total. The van der Waals surface area contributed by atoms with Crippen molar-refractivity contribution in [3.63, 3.8) is 0 Å². The van der Waals surface area contributed by atoms with Crippen molar-refractivity contribution in [2.45, 2.75) is 6.92 Å². The van der Waals surface area contributed by atoms with Crippen LogP contribution >= 0.6 is 45.9 Å². The second-order valence-electron chi connectivity index (χ2n) is 4.49. The van der Waals surface area contributed by atoms with Crippen LogP contribution in [0.15, 0.2) is 35.7 Å². The standard InChI is InChI=1S/C15H10Cl2N2OS2/c1-8-13(22-15(18-8)12-3-2-6-21-12)14(20)19-9-4-5-10(16)11(17)7-9/h2-7H,1H3,(H,19,20). The van der Waals surface area contributed by atoms with E-state index in [2.05, 4.69) is 10.3 Å². The van der Waals surface area contributed by atoms with E-state index in [1.54, 1.807) is 29.5 Å². The lowest BCUT2D eigenvalue weighted by Gasteiger charge is -2.05. The average Bonchev–Trinajstić information content (AvgIpc) is 3.12. The first-order valence-electron chi connectivity index (χ1n) is 6.32. The Morgan fingerprint density at radius 2 is 2.05 bits per heavy atom. The molecule has 3 rings (SSSR count). The molecule has 0 atom stereocenters. The zero-order valence-electron chi connectivity index (χ0n) is 11.4. The highest BCUT2D eigenvalue weighted by Gasteiger charge is 2.17. The van der Waals surface area contributed by atoms with Gasteiger partial charge in [-0.2, -0.15) is 0 Å². The maximum Gasteiger partial charge on any atom is 0.267 e. The van der Waals surface area contributed by atoms with Gasteiger partial charge in [0.25, 0.3) is 5.91 Å². The summed E-state index contributed by atoms with van der Waals surface area (Å²) in [6, 6.07) is 8.94. The Kier molecular flexibility index (Phi) is 4.49. The number of anilines is 1. The fraction of sp³-hybridized carbons (Fsp3) is 0.0667. The number of hydrogen-bond acceptors (Lipinski definition) is 4. The highest BCUT2D eigenvalue weighted by molar-refractivity contribution is 7.22. The summed E-state index contributed by atoms with van der Waals surface area (Å²) in [6.45, 7) is 1.83. The van der Waals surface area contributed by atoms with Crippen molar-refractivity contribution in [3.05, 3.63) is 56.3 Å². The van der Waals surface area contributed by atoms with Gasteiger partial charge in [0.05, 0.1) is 20.6 Å². The zero-order valence-corrected chi connectivity index (χ0v) is 14.5. The topological polar surface area (TPSA) is 42.0 Å². The Bertz CT molecular complexity index is 828. The van der Waals surface area contributed by atoms with Crippen LogP contribution in [-0.2, 0) is 0 Å². The van der Waals surface area contributed by atoms with Gasteiger partial charge in [-0.05, 0) is 36.6 Å². The molecule has 0 bridgehead atoms. The van der Waals surface area contributed by atoms with E-state index in [1.165, 1.54) is 11.3 Å². The molecule has 0 aliphatic rings. The normalized spacial score (nSPS) is 10.7. The first-order valence-corrected chi connectivity index (χ1v) is 8.77. The van der Waals surface area contributed by atoms with Gasteiger partial charge < -0.3 is 5.32 Å². The van der Waals surface area contributed by atoms with Crippen LogP contribution in [0.25, 0.3) is 9.88 Å². The maximum atomic E-state index is 12.4. The first-order chi connectivity index (χ1) is 10.5. The number of rotatable bonds is 3. The highest BCUT2D eigenvalue weighted by Crippen LogP contribution is 2.32. The Hall–Kier alpha value is -1.40. The van der Waals surface area contributed by atoms with Gasteiger partial charge in [-0.25, -0.2) is 4.98 Å². The van der Waals surface area contributed by atoms with Gasteiger partial charge in [0.2, 0.25) is 0 Å². The zero-order chi connectivity index (χ0) is 15.7. The molecule has 0 aliphatic carbocycles. The van der Waals surface area contributed by atoms with E-state index in [0.717, 1.165) is 9.88 Å². The molecule has 112 valence electrons. The van der Waals surface area contributed by atoms with Crippen molar-refractivity contribution in [3.8, 4) is 9.88 Å². The molecule has 0 saturated heterocycles. The van der Waals surface area contributed by atoms with Crippen molar-refractivity contribution < 1.29 is 4.79 Å². The molecule has 1 N–H and O–H groups in total. The number of nitrogens with zero attached hydrogens (tertiary/aromatic N) is 1. The number of thiophene rings is 1. The summed E-state index contributed by atoms with van der Waals surface area (Å²) in [5.41, 5.74) is 1.32. The van der Waals surface area contributed by atoms with E-state index in [9.17, 15) is 4.79 Å². The quantitative estimate of drug-likeness (QED) is 0.640. The number of amides is 1. The van der Waals surface area contributed by atoms with Gasteiger partial charge in [-0.1, -0.05) is 29.3 Å². The number of aryl methyl sites for hydroxylation is 1. The van der Waals surface area contributed by atoms with E-state index in [0.29, 0.717) is 26.3 Å². The molecule has 3 aromatic rings. The Morgan fingerprint density at radius 1 is 1.23 bits per heavy atom. The monoisotopic (exact) mass is 368 g/mol. The average molecular weight is 369 g/mol. The summed E-state index contributed by atoms with van der Waals surface area (Å²) in [5.74, 6) is -0.198. The Morgan fingerprint density at radius 3 is 2.73 bits per heavy atom. The minimum Gasteiger partial charge on any atom is -0.321 e. The molecule has 0 aliphatic heterocycles. The third-order valence-electron chi connectivity index (χ3n) is 2.91. The van der Waals surface area contributed by atoms with Crippen LogP contribution in [0.5, 0.6) is 0 Å². The molecule has 7 heteroatoms. The summed E-state index contributed by atoms with van der Waals surface area (Å²) >= 11 is 14.8. The first kappa shape index (κ1) is 15.5. The van der Waals surface area contributed by atoms with Gasteiger partial charge in [0, 0.05) is 5.69 Å². The predicted octanol–water partition coefficient (Wildman–Crippen LogP) is 5.74. The molecule has 0 radical (unpaired) electrons.